The van der Waals surface area contributed by atoms with Crippen molar-refractivity contribution < 1.29 is 4.79 Å². The minimum Gasteiger partial charge on any atom is -0.340 e. The Morgan fingerprint density at radius 2 is 2.17 bits per heavy atom. The molecule has 2 N–H and O–H groups in total. The van der Waals surface area contributed by atoms with Gasteiger partial charge in [-0.1, -0.05) is 12.1 Å². The molecule has 23 heavy (non-hydrogen) atoms. The Labute approximate surface area is 137 Å². The van der Waals surface area contributed by atoms with E-state index in [1.165, 1.54) is 16.3 Å². The number of hydrogen-bond donors (Lipinski definition) is 1. The number of pyridine rings is 1. The highest BCUT2D eigenvalue weighted by molar-refractivity contribution is 5.82. The summed E-state index contributed by atoms with van der Waals surface area (Å²) >= 11 is 0. The molecule has 3 rings (SSSR count). The minimum atomic E-state index is 0.0527. The average Bonchev–Trinajstić information content (AvgIpc) is 2.76. The van der Waals surface area contributed by atoms with Gasteiger partial charge in [0.1, 0.15) is 0 Å². The highest BCUT2D eigenvalue weighted by Gasteiger charge is 2.23. The first-order valence-electron chi connectivity index (χ1n) is 8.22. The van der Waals surface area contributed by atoms with Gasteiger partial charge in [-0.2, -0.15) is 0 Å². The molecule has 2 aromatic rings. The van der Waals surface area contributed by atoms with E-state index in [1.807, 2.05) is 23.4 Å². The summed E-state index contributed by atoms with van der Waals surface area (Å²) in [4.78, 5) is 20.4. The molecule has 0 bridgehead atoms. The molecule has 1 atom stereocenters. The van der Waals surface area contributed by atoms with Crippen LogP contribution in [0, 0.1) is 0 Å². The van der Waals surface area contributed by atoms with Crippen molar-refractivity contribution in [2.24, 2.45) is 5.73 Å². The molecule has 1 aromatic heterocycles. The van der Waals surface area contributed by atoms with Crippen LogP contribution in [0.4, 0.5) is 0 Å². The lowest BCUT2D eigenvalue weighted by atomic mass is 10.1. The molecule has 122 valence electrons. The molecule has 1 aliphatic rings. The van der Waals surface area contributed by atoms with E-state index in [4.69, 9.17) is 5.73 Å². The van der Waals surface area contributed by atoms with E-state index >= 15 is 0 Å². The molecule has 1 amide bonds. The molecule has 5 heteroatoms. The quantitative estimate of drug-likeness (QED) is 0.935. The van der Waals surface area contributed by atoms with Crippen LogP contribution in [-0.2, 0) is 11.3 Å². The van der Waals surface area contributed by atoms with Crippen molar-refractivity contribution in [2.75, 3.05) is 26.2 Å². The Balaban J connectivity index is 1.72. The second kappa shape index (κ2) is 7.06. The van der Waals surface area contributed by atoms with Gasteiger partial charge < -0.3 is 10.6 Å². The van der Waals surface area contributed by atoms with E-state index in [2.05, 4.69) is 35.0 Å². The summed E-state index contributed by atoms with van der Waals surface area (Å²) in [5.74, 6) is 0.0527. The van der Waals surface area contributed by atoms with Gasteiger partial charge >= 0.3 is 0 Å². The SMILES string of the molecule is C[C@H]1CN(C(=O)CN)CCCN1Cc1ccc2cnccc2c1. The molecule has 1 saturated heterocycles. The van der Waals surface area contributed by atoms with Gasteiger partial charge in [0.25, 0.3) is 0 Å². The number of carbonyl (C=O) groups excluding carboxylic acids is 1. The number of benzene rings is 1. The Kier molecular flexibility index (Phi) is 4.88. The number of nitrogens with zero attached hydrogens (tertiary/aromatic N) is 3. The third-order valence-corrected chi connectivity index (χ3v) is 4.60. The Hall–Kier alpha value is -1.98. The van der Waals surface area contributed by atoms with Crippen molar-refractivity contribution in [3.8, 4) is 0 Å². The summed E-state index contributed by atoms with van der Waals surface area (Å²) in [6.45, 7) is 5.76. The lowest BCUT2D eigenvalue weighted by Crippen LogP contribution is -2.43. The van der Waals surface area contributed by atoms with Gasteiger partial charge in [-0.15, -0.1) is 0 Å². The monoisotopic (exact) mass is 312 g/mol. The van der Waals surface area contributed by atoms with Crippen LogP contribution in [0.15, 0.2) is 36.7 Å². The molecule has 2 heterocycles. The van der Waals surface area contributed by atoms with E-state index in [1.54, 1.807) is 0 Å². The summed E-state index contributed by atoms with van der Waals surface area (Å²) in [7, 11) is 0. The number of nitrogens with two attached hydrogens (primary N) is 1. The third kappa shape index (κ3) is 3.68. The number of hydrogen-bond acceptors (Lipinski definition) is 4. The molecule has 0 radical (unpaired) electrons. The van der Waals surface area contributed by atoms with E-state index < -0.39 is 0 Å². The molecule has 0 aliphatic carbocycles. The van der Waals surface area contributed by atoms with Gasteiger partial charge in [-0.05, 0) is 36.4 Å². The first kappa shape index (κ1) is 15.9. The maximum Gasteiger partial charge on any atom is 0.236 e. The second-order valence-corrected chi connectivity index (χ2v) is 6.27. The second-order valence-electron chi connectivity index (χ2n) is 6.27. The van der Waals surface area contributed by atoms with Crippen LogP contribution in [-0.4, -0.2) is 52.9 Å². The summed E-state index contributed by atoms with van der Waals surface area (Å²) in [5, 5.41) is 2.39. The molecule has 5 nitrogen and oxygen atoms in total. The maximum atomic E-state index is 11.9. The first-order valence-corrected chi connectivity index (χ1v) is 8.22. The Morgan fingerprint density at radius 3 is 3.00 bits per heavy atom. The van der Waals surface area contributed by atoms with Gasteiger partial charge in [0.15, 0.2) is 0 Å². The smallest absolute Gasteiger partial charge is 0.236 e. The van der Waals surface area contributed by atoms with Crippen molar-refractivity contribution in [1.82, 2.24) is 14.8 Å². The standard InChI is InChI=1S/C18H24N4O/c1-14-12-22(18(23)10-19)8-2-7-21(14)13-15-3-4-17-11-20-6-5-16(17)9-15/h3-6,9,11,14H,2,7-8,10,12-13,19H2,1H3/t14-/m0/s1. The van der Waals surface area contributed by atoms with Crippen molar-refractivity contribution in [1.29, 1.82) is 0 Å². The fourth-order valence-electron chi connectivity index (χ4n) is 3.27. The summed E-state index contributed by atoms with van der Waals surface area (Å²) in [5.41, 5.74) is 6.80. The minimum absolute atomic E-state index is 0.0527. The number of amides is 1. The molecule has 0 spiro atoms. The van der Waals surface area contributed by atoms with Crippen molar-refractivity contribution in [2.45, 2.75) is 25.9 Å². The van der Waals surface area contributed by atoms with E-state index in [0.717, 1.165) is 32.6 Å². The number of carbonyl (C=O) groups is 1. The van der Waals surface area contributed by atoms with E-state index in [-0.39, 0.29) is 12.5 Å². The molecule has 0 saturated carbocycles. The van der Waals surface area contributed by atoms with Crippen LogP contribution < -0.4 is 5.73 Å². The van der Waals surface area contributed by atoms with Gasteiger partial charge in [0, 0.05) is 50.0 Å². The molecule has 0 unspecified atom stereocenters. The van der Waals surface area contributed by atoms with Crippen LogP contribution in [0.5, 0.6) is 0 Å². The summed E-state index contributed by atoms with van der Waals surface area (Å²) < 4.78 is 0. The zero-order chi connectivity index (χ0) is 16.2. The Bertz CT molecular complexity index is 688. The van der Waals surface area contributed by atoms with Crippen LogP contribution in [0.2, 0.25) is 0 Å². The fraction of sp³-hybridized carbons (Fsp3) is 0.444. The van der Waals surface area contributed by atoms with Gasteiger partial charge in [0.2, 0.25) is 5.91 Å². The van der Waals surface area contributed by atoms with Crippen LogP contribution in [0.3, 0.4) is 0 Å². The van der Waals surface area contributed by atoms with Gasteiger partial charge in [0.05, 0.1) is 6.54 Å². The molecule has 1 fully saturated rings. The van der Waals surface area contributed by atoms with E-state index in [0.29, 0.717) is 6.04 Å². The zero-order valence-electron chi connectivity index (χ0n) is 13.6. The maximum absolute atomic E-state index is 11.9. The highest BCUT2D eigenvalue weighted by Crippen LogP contribution is 2.18. The van der Waals surface area contributed by atoms with Crippen LogP contribution in [0.25, 0.3) is 10.8 Å². The topological polar surface area (TPSA) is 62.5 Å². The highest BCUT2D eigenvalue weighted by atomic mass is 16.2. The average molecular weight is 312 g/mol. The van der Waals surface area contributed by atoms with E-state index in [9.17, 15) is 4.79 Å². The molecular formula is C18H24N4O. The molecule has 1 aromatic carbocycles. The van der Waals surface area contributed by atoms with Crippen LogP contribution >= 0.6 is 0 Å². The van der Waals surface area contributed by atoms with Gasteiger partial charge in [-0.3, -0.25) is 14.7 Å². The largest absolute Gasteiger partial charge is 0.340 e. The number of rotatable bonds is 3. The lowest BCUT2D eigenvalue weighted by Gasteiger charge is -2.29. The summed E-state index contributed by atoms with van der Waals surface area (Å²) in [6, 6.07) is 8.92. The fourth-order valence-corrected chi connectivity index (χ4v) is 3.27. The summed E-state index contributed by atoms with van der Waals surface area (Å²) in [6.07, 6.45) is 4.72. The normalized spacial score (nSPS) is 19.7. The number of aromatic nitrogens is 1. The number of fused-ring (bicyclic) bond motifs is 1. The third-order valence-electron chi connectivity index (χ3n) is 4.60. The van der Waals surface area contributed by atoms with Crippen molar-refractivity contribution in [3.63, 3.8) is 0 Å². The van der Waals surface area contributed by atoms with Crippen molar-refractivity contribution >= 4 is 16.7 Å². The van der Waals surface area contributed by atoms with Crippen LogP contribution in [0.1, 0.15) is 18.9 Å². The molecule has 1 aliphatic heterocycles. The zero-order valence-corrected chi connectivity index (χ0v) is 13.6. The molecular weight excluding hydrogens is 288 g/mol. The van der Waals surface area contributed by atoms with Crippen molar-refractivity contribution in [3.05, 3.63) is 42.2 Å². The first-order chi connectivity index (χ1) is 11.2. The van der Waals surface area contributed by atoms with Gasteiger partial charge in [-0.25, -0.2) is 0 Å². The predicted octanol–water partition coefficient (Wildman–Crippen LogP) is 1.62. The predicted molar refractivity (Wildman–Crippen MR) is 91.9 cm³/mol. The lowest BCUT2D eigenvalue weighted by molar-refractivity contribution is -0.129. The Morgan fingerprint density at radius 1 is 1.30 bits per heavy atom.